The highest BCUT2D eigenvalue weighted by Gasteiger charge is 2.47. The van der Waals surface area contributed by atoms with Crippen molar-refractivity contribution in [3.8, 4) is 0 Å². The monoisotopic (exact) mass is 544 g/mol. The van der Waals surface area contributed by atoms with Crippen LogP contribution in [-0.4, -0.2) is 37.4 Å². The first-order valence-electron chi connectivity index (χ1n) is 16.6. The van der Waals surface area contributed by atoms with Crippen molar-refractivity contribution in [1.29, 1.82) is 0 Å². The van der Waals surface area contributed by atoms with E-state index in [1.807, 2.05) is 6.92 Å². The highest BCUT2D eigenvalue weighted by Crippen LogP contribution is 2.48. The summed E-state index contributed by atoms with van der Waals surface area (Å²) in [6.07, 6.45) is 11.9. The summed E-state index contributed by atoms with van der Waals surface area (Å²) in [5, 5.41) is 0. The average molecular weight is 545 g/mol. The molecule has 4 fully saturated rings. The summed E-state index contributed by atoms with van der Waals surface area (Å²) in [6, 6.07) is 0. The molecule has 0 spiro atoms. The second-order valence-electron chi connectivity index (χ2n) is 13.7. The van der Waals surface area contributed by atoms with Gasteiger partial charge in [0.15, 0.2) is 6.17 Å². The van der Waals surface area contributed by atoms with Gasteiger partial charge in [0.05, 0.1) is 6.10 Å². The second-order valence-corrected chi connectivity index (χ2v) is 13.7. The van der Waals surface area contributed by atoms with Crippen LogP contribution >= 0.6 is 0 Å². The third kappa shape index (κ3) is 7.69. The van der Waals surface area contributed by atoms with Crippen molar-refractivity contribution >= 4 is 0 Å². The zero-order valence-electron chi connectivity index (χ0n) is 24.3. The Morgan fingerprint density at radius 3 is 1.66 bits per heavy atom. The minimum atomic E-state index is -1.52. The largest absolute Gasteiger partial charge is 0.375 e. The molecule has 0 aliphatic heterocycles. The molecule has 0 aromatic carbocycles. The van der Waals surface area contributed by atoms with Crippen LogP contribution in [0.4, 0.5) is 17.6 Å². The molecule has 5 heteroatoms. The summed E-state index contributed by atoms with van der Waals surface area (Å²) in [7, 11) is 0. The van der Waals surface area contributed by atoms with Crippen LogP contribution in [-0.2, 0) is 4.74 Å². The number of halogens is 4. The fraction of sp³-hybridized carbons (Fsp3) is 1.00. The van der Waals surface area contributed by atoms with E-state index in [-0.39, 0.29) is 23.7 Å². The van der Waals surface area contributed by atoms with E-state index in [4.69, 9.17) is 4.74 Å². The molecule has 4 aliphatic rings. The first-order valence-corrected chi connectivity index (χ1v) is 16.6. The fourth-order valence-corrected chi connectivity index (χ4v) is 8.81. The minimum Gasteiger partial charge on any atom is -0.375 e. The summed E-state index contributed by atoms with van der Waals surface area (Å²) in [4.78, 5) is 0. The first kappa shape index (κ1) is 30.6. The molecule has 8 atom stereocenters. The summed E-state index contributed by atoms with van der Waals surface area (Å²) < 4.78 is 66.0. The van der Waals surface area contributed by atoms with Gasteiger partial charge in [0.1, 0.15) is 18.5 Å². The summed E-state index contributed by atoms with van der Waals surface area (Å²) in [6.45, 7) is 4.74. The van der Waals surface area contributed by atoms with Gasteiger partial charge < -0.3 is 4.74 Å². The number of rotatable bonds is 11. The Kier molecular flexibility index (Phi) is 12.1. The van der Waals surface area contributed by atoms with Crippen molar-refractivity contribution in [2.24, 2.45) is 41.4 Å². The van der Waals surface area contributed by atoms with Gasteiger partial charge in [-0.05, 0) is 112 Å². The highest BCUT2D eigenvalue weighted by molar-refractivity contribution is 4.95. The molecule has 0 bridgehead atoms. The predicted octanol–water partition coefficient (Wildman–Crippen LogP) is 10.2. The van der Waals surface area contributed by atoms with Crippen molar-refractivity contribution in [2.45, 2.75) is 160 Å². The molecule has 0 aromatic rings. The molecular weight excluding hydrogens is 488 g/mol. The van der Waals surface area contributed by atoms with Gasteiger partial charge >= 0.3 is 0 Å². The van der Waals surface area contributed by atoms with Crippen LogP contribution in [0.2, 0.25) is 0 Å². The average Bonchev–Trinajstić information content (AvgIpc) is 2.93. The van der Waals surface area contributed by atoms with Crippen molar-refractivity contribution in [1.82, 2.24) is 0 Å². The molecule has 38 heavy (non-hydrogen) atoms. The maximum absolute atomic E-state index is 15.5. The van der Waals surface area contributed by atoms with Crippen molar-refractivity contribution in [2.75, 3.05) is 6.61 Å². The summed E-state index contributed by atoms with van der Waals surface area (Å²) in [5.41, 5.74) is 0. The third-order valence-corrected chi connectivity index (χ3v) is 11.3. The molecule has 0 aromatic heterocycles. The highest BCUT2D eigenvalue weighted by atomic mass is 19.2. The number of ether oxygens (including phenoxy) is 1. The Morgan fingerprint density at radius 1 is 0.526 bits per heavy atom. The zero-order valence-corrected chi connectivity index (χ0v) is 24.3. The normalized spacial score (nSPS) is 44.7. The Morgan fingerprint density at radius 2 is 1.11 bits per heavy atom. The fourth-order valence-electron chi connectivity index (χ4n) is 8.81. The molecular formula is C33H56F4O. The van der Waals surface area contributed by atoms with Gasteiger partial charge in [-0.15, -0.1) is 0 Å². The molecule has 0 heterocycles. The smallest absolute Gasteiger partial charge is 0.157 e. The number of alkyl halides is 4. The lowest BCUT2D eigenvalue weighted by atomic mass is 9.63. The van der Waals surface area contributed by atoms with E-state index < -0.39 is 30.8 Å². The van der Waals surface area contributed by atoms with Crippen LogP contribution in [0.3, 0.4) is 0 Å². The molecule has 4 saturated carbocycles. The molecule has 0 radical (unpaired) electrons. The van der Waals surface area contributed by atoms with Crippen molar-refractivity contribution in [3.63, 3.8) is 0 Å². The van der Waals surface area contributed by atoms with Crippen LogP contribution in [0, 0.1) is 41.4 Å². The van der Waals surface area contributed by atoms with Gasteiger partial charge in [-0.1, -0.05) is 58.8 Å². The molecule has 0 N–H and O–H groups in total. The Bertz CT molecular complexity index is 659. The van der Waals surface area contributed by atoms with E-state index >= 15 is 8.78 Å². The van der Waals surface area contributed by atoms with E-state index in [0.717, 1.165) is 70.1 Å². The van der Waals surface area contributed by atoms with E-state index in [1.165, 1.54) is 38.5 Å². The lowest BCUT2D eigenvalue weighted by Gasteiger charge is -2.45. The van der Waals surface area contributed by atoms with Gasteiger partial charge in [-0.25, -0.2) is 17.6 Å². The quantitative estimate of drug-likeness (QED) is 0.186. The molecule has 0 amide bonds. The van der Waals surface area contributed by atoms with Gasteiger partial charge in [-0.3, -0.25) is 0 Å². The van der Waals surface area contributed by atoms with Crippen molar-refractivity contribution < 1.29 is 22.3 Å². The second kappa shape index (κ2) is 15.1. The predicted molar refractivity (Wildman–Crippen MR) is 148 cm³/mol. The molecule has 4 aliphatic carbocycles. The maximum Gasteiger partial charge on any atom is 0.157 e. The summed E-state index contributed by atoms with van der Waals surface area (Å²) >= 11 is 0. The van der Waals surface area contributed by atoms with Gasteiger partial charge in [-0.2, -0.15) is 0 Å². The van der Waals surface area contributed by atoms with E-state index in [0.29, 0.717) is 31.3 Å². The number of hydrogen-bond acceptors (Lipinski definition) is 1. The van der Waals surface area contributed by atoms with E-state index in [1.54, 1.807) is 0 Å². The topological polar surface area (TPSA) is 9.23 Å². The van der Waals surface area contributed by atoms with Crippen LogP contribution < -0.4 is 0 Å². The van der Waals surface area contributed by atoms with Crippen LogP contribution in [0.25, 0.3) is 0 Å². The van der Waals surface area contributed by atoms with Gasteiger partial charge in [0, 0.05) is 6.61 Å². The molecule has 0 saturated heterocycles. The minimum absolute atomic E-state index is 0.0806. The molecule has 4 rings (SSSR count). The lowest BCUT2D eigenvalue weighted by molar-refractivity contribution is -0.0893. The Labute approximate surface area is 230 Å². The first-order chi connectivity index (χ1) is 18.4. The third-order valence-electron chi connectivity index (χ3n) is 11.3. The van der Waals surface area contributed by atoms with E-state index in [2.05, 4.69) is 6.92 Å². The molecule has 1 nitrogen and oxygen atoms in total. The lowest BCUT2D eigenvalue weighted by Crippen LogP contribution is -2.45. The number of unbranched alkanes of at least 4 members (excludes halogenated alkanes) is 2. The van der Waals surface area contributed by atoms with Crippen molar-refractivity contribution in [3.05, 3.63) is 0 Å². The summed E-state index contributed by atoms with van der Waals surface area (Å²) in [5.74, 6) is 1.36. The zero-order chi connectivity index (χ0) is 27.1. The molecule has 7 unspecified atom stereocenters. The van der Waals surface area contributed by atoms with Crippen LogP contribution in [0.1, 0.15) is 129 Å². The van der Waals surface area contributed by atoms with Gasteiger partial charge in [0.2, 0.25) is 0 Å². The SMILES string of the molecule is CCCCCC1CCC(C2CCC(C3CCC(COC4CCC(CCC)C(F)C4F)CC3)[C@H](F)C2F)CC1. The standard InChI is InChI=1S/C33H56F4O/c1-3-5-6-8-22-9-13-24(14-10-22)27-18-19-28(32(36)31(27)35)25-15-11-23(12-16-25)21-38-29-20-17-26(7-4-2)30(34)33(29)37/h22-33H,3-21H2,1-2H3/t22?,23?,24?,25?,26?,27?,28?,29?,30?,31?,32-,33?/m0/s1. The number of hydrogen-bond donors (Lipinski definition) is 0. The Balaban J connectivity index is 1.16. The molecule has 222 valence electrons. The van der Waals surface area contributed by atoms with Gasteiger partial charge in [0.25, 0.3) is 0 Å². The maximum atomic E-state index is 15.5. The van der Waals surface area contributed by atoms with Crippen LogP contribution in [0.15, 0.2) is 0 Å². The Hall–Kier alpha value is -0.320. The van der Waals surface area contributed by atoms with E-state index in [9.17, 15) is 8.78 Å². The van der Waals surface area contributed by atoms with Crippen LogP contribution in [0.5, 0.6) is 0 Å².